The van der Waals surface area contributed by atoms with E-state index in [1.165, 1.54) is 18.2 Å². The molecule has 0 saturated heterocycles. The number of nitrogens with one attached hydrogen (secondary N) is 2. The molecule has 0 spiro atoms. The Balaban J connectivity index is 2.50. The zero-order chi connectivity index (χ0) is 14.3. The molecule has 1 aromatic rings. The van der Waals surface area contributed by atoms with Crippen molar-refractivity contribution in [1.29, 1.82) is 0 Å². The van der Waals surface area contributed by atoms with Crippen LogP contribution in [0.2, 0.25) is 0 Å². The van der Waals surface area contributed by atoms with Gasteiger partial charge in [-0.05, 0) is 60.1 Å². The van der Waals surface area contributed by atoms with Crippen LogP contribution in [0, 0.1) is 5.82 Å². The van der Waals surface area contributed by atoms with Gasteiger partial charge in [0.05, 0.1) is 11.4 Å². The highest BCUT2D eigenvalue weighted by atomic mass is 79.9. The largest absolute Gasteiger partial charge is 0.317 e. The molecule has 19 heavy (non-hydrogen) atoms. The molecule has 0 radical (unpaired) electrons. The molecule has 2 N–H and O–H groups in total. The predicted molar refractivity (Wildman–Crippen MR) is 79.3 cm³/mol. The van der Waals surface area contributed by atoms with Gasteiger partial charge in [0.25, 0.3) is 0 Å². The molecule has 0 bridgehead atoms. The lowest BCUT2D eigenvalue weighted by molar-refractivity contribution is 0.593. The van der Waals surface area contributed by atoms with Gasteiger partial charge in [0.2, 0.25) is 10.0 Å². The van der Waals surface area contributed by atoms with Crippen LogP contribution in [-0.2, 0) is 10.0 Å². The van der Waals surface area contributed by atoms with E-state index >= 15 is 0 Å². The first-order chi connectivity index (χ1) is 8.94. The molecule has 0 aliphatic rings. The number of unbranched alkanes of at least 4 members (excludes halogenated alkanes) is 1. The minimum absolute atomic E-state index is 0.0577. The van der Waals surface area contributed by atoms with E-state index in [1.807, 2.05) is 6.92 Å². The smallest absolute Gasteiger partial charge is 0.232 e. The molecular weight excluding hydrogens is 335 g/mol. The van der Waals surface area contributed by atoms with Crippen LogP contribution in [0.3, 0.4) is 0 Å². The summed E-state index contributed by atoms with van der Waals surface area (Å²) < 4.78 is 39.4. The van der Waals surface area contributed by atoms with Crippen molar-refractivity contribution in [3.8, 4) is 0 Å². The van der Waals surface area contributed by atoms with Crippen LogP contribution in [0.25, 0.3) is 0 Å². The molecule has 0 heterocycles. The van der Waals surface area contributed by atoms with Crippen LogP contribution in [0.1, 0.15) is 19.8 Å². The van der Waals surface area contributed by atoms with Crippen molar-refractivity contribution < 1.29 is 12.8 Å². The number of anilines is 1. The fourth-order valence-electron chi connectivity index (χ4n) is 1.51. The summed E-state index contributed by atoms with van der Waals surface area (Å²) in [6, 6.07) is 3.84. The van der Waals surface area contributed by atoms with Crippen LogP contribution < -0.4 is 10.0 Å². The maximum atomic E-state index is 12.9. The third-order valence-electron chi connectivity index (χ3n) is 2.46. The highest BCUT2D eigenvalue weighted by Crippen LogP contribution is 2.24. The van der Waals surface area contributed by atoms with Gasteiger partial charge in [-0.2, -0.15) is 0 Å². The maximum Gasteiger partial charge on any atom is 0.232 e. The number of benzene rings is 1. The number of sulfonamides is 1. The summed E-state index contributed by atoms with van der Waals surface area (Å²) in [5.74, 6) is -0.358. The first-order valence-electron chi connectivity index (χ1n) is 6.11. The fraction of sp³-hybridized carbons (Fsp3) is 0.500. The van der Waals surface area contributed by atoms with Crippen molar-refractivity contribution >= 4 is 31.6 Å². The van der Waals surface area contributed by atoms with Gasteiger partial charge >= 0.3 is 0 Å². The van der Waals surface area contributed by atoms with Crippen LogP contribution in [0.5, 0.6) is 0 Å². The summed E-state index contributed by atoms with van der Waals surface area (Å²) in [6.07, 6.45) is 1.39. The van der Waals surface area contributed by atoms with Crippen molar-refractivity contribution in [2.24, 2.45) is 0 Å². The van der Waals surface area contributed by atoms with Crippen molar-refractivity contribution in [2.45, 2.75) is 19.8 Å². The molecule has 1 rings (SSSR count). The normalized spacial score (nSPS) is 11.5. The van der Waals surface area contributed by atoms with Gasteiger partial charge in [-0.3, -0.25) is 4.72 Å². The van der Waals surface area contributed by atoms with Crippen LogP contribution in [0.15, 0.2) is 22.7 Å². The molecular formula is C12H18BrFN2O2S. The second-order valence-electron chi connectivity index (χ2n) is 4.11. The van der Waals surface area contributed by atoms with E-state index < -0.39 is 15.8 Å². The Hall–Kier alpha value is -0.660. The van der Waals surface area contributed by atoms with E-state index in [2.05, 4.69) is 26.0 Å². The molecule has 0 aromatic heterocycles. The number of hydrogen-bond donors (Lipinski definition) is 2. The van der Waals surface area contributed by atoms with E-state index in [9.17, 15) is 12.8 Å². The van der Waals surface area contributed by atoms with E-state index in [4.69, 9.17) is 0 Å². The second-order valence-corrected chi connectivity index (χ2v) is 6.80. The van der Waals surface area contributed by atoms with Gasteiger partial charge in [0.1, 0.15) is 5.82 Å². The Morgan fingerprint density at radius 2 is 2.05 bits per heavy atom. The number of halogens is 2. The summed E-state index contributed by atoms with van der Waals surface area (Å²) in [5, 5.41) is 3.14. The van der Waals surface area contributed by atoms with Crippen molar-refractivity contribution in [2.75, 3.05) is 23.6 Å². The number of hydrogen-bond acceptors (Lipinski definition) is 3. The zero-order valence-corrected chi connectivity index (χ0v) is 13.2. The first-order valence-corrected chi connectivity index (χ1v) is 8.55. The lowest BCUT2D eigenvalue weighted by atomic mass is 10.3. The third-order valence-corrected chi connectivity index (χ3v) is 4.48. The van der Waals surface area contributed by atoms with Crippen molar-refractivity contribution in [1.82, 2.24) is 5.32 Å². The third kappa shape index (κ3) is 6.35. The summed E-state index contributed by atoms with van der Waals surface area (Å²) in [6.45, 7) is 3.70. The van der Waals surface area contributed by atoms with Gasteiger partial charge in [0, 0.05) is 4.47 Å². The molecule has 0 aliphatic carbocycles. The van der Waals surface area contributed by atoms with Gasteiger partial charge in [-0.25, -0.2) is 12.8 Å². The molecule has 4 nitrogen and oxygen atoms in total. The van der Waals surface area contributed by atoms with Gasteiger partial charge < -0.3 is 5.32 Å². The molecule has 108 valence electrons. The molecule has 0 aliphatic heterocycles. The van der Waals surface area contributed by atoms with Crippen LogP contribution in [-0.4, -0.2) is 27.3 Å². The molecule has 7 heteroatoms. The van der Waals surface area contributed by atoms with Crippen molar-refractivity contribution in [3.63, 3.8) is 0 Å². The Morgan fingerprint density at radius 3 is 2.68 bits per heavy atom. The maximum absolute atomic E-state index is 12.9. The van der Waals surface area contributed by atoms with E-state index in [0.29, 0.717) is 16.6 Å². The fourth-order valence-corrected chi connectivity index (χ4v) is 3.29. The summed E-state index contributed by atoms with van der Waals surface area (Å²) >= 11 is 3.13. The quantitative estimate of drug-likeness (QED) is 0.707. The van der Waals surface area contributed by atoms with Gasteiger partial charge in [-0.15, -0.1) is 0 Å². The SMILES string of the molecule is CCNCCCCS(=O)(=O)Nc1ccc(F)cc1Br. The zero-order valence-electron chi connectivity index (χ0n) is 10.7. The monoisotopic (exact) mass is 352 g/mol. The highest BCUT2D eigenvalue weighted by Gasteiger charge is 2.12. The minimum atomic E-state index is -3.39. The Kier molecular flexibility index (Phi) is 6.74. The Labute approximate surface area is 122 Å². The molecule has 0 amide bonds. The predicted octanol–water partition coefficient (Wildman–Crippen LogP) is 2.72. The summed E-state index contributed by atoms with van der Waals surface area (Å²) in [4.78, 5) is 0. The van der Waals surface area contributed by atoms with Crippen LogP contribution in [0.4, 0.5) is 10.1 Å². The summed E-state index contributed by atoms with van der Waals surface area (Å²) in [7, 11) is -3.39. The molecule has 1 aromatic carbocycles. The topological polar surface area (TPSA) is 58.2 Å². The minimum Gasteiger partial charge on any atom is -0.317 e. The first kappa shape index (κ1) is 16.4. The Bertz CT molecular complexity index is 508. The number of rotatable bonds is 8. The molecule has 0 atom stereocenters. The lowest BCUT2D eigenvalue weighted by Gasteiger charge is -2.09. The van der Waals surface area contributed by atoms with Gasteiger partial charge in [-0.1, -0.05) is 6.92 Å². The second kappa shape index (κ2) is 7.81. The lowest BCUT2D eigenvalue weighted by Crippen LogP contribution is -2.19. The van der Waals surface area contributed by atoms with E-state index in [1.54, 1.807) is 0 Å². The molecule has 0 fully saturated rings. The Morgan fingerprint density at radius 1 is 1.32 bits per heavy atom. The van der Waals surface area contributed by atoms with E-state index in [0.717, 1.165) is 19.5 Å². The van der Waals surface area contributed by atoms with Crippen LogP contribution >= 0.6 is 15.9 Å². The average molecular weight is 353 g/mol. The standard InChI is InChI=1S/C12H18BrFN2O2S/c1-2-15-7-3-4-8-19(17,18)16-12-6-5-10(14)9-11(12)13/h5-6,9,15-16H,2-4,7-8H2,1H3. The van der Waals surface area contributed by atoms with Crippen molar-refractivity contribution in [3.05, 3.63) is 28.5 Å². The average Bonchev–Trinajstić information content (AvgIpc) is 2.32. The summed E-state index contributed by atoms with van der Waals surface area (Å²) in [5.41, 5.74) is 0.355. The van der Waals surface area contributed by atoms with E-state index in [-0.39, 0.29) is 5.75 Å². The molecule has 0 saturated carbocycles. The highest BCUT2D eigenvalue weighted by molar-refractivity contribution is 9.10. The molecule has 0 unspecified atom stereocenters. The van der Waals surface area contributed by atoms with Gasteiger partial charge in [0.15, 0.2) is 0 Å².